The molecule has 4 aromatic carbocycles. The SMILES string of the molecule is c1ccc([C@@H]2[C@@H](c3ccccc3)[C@H](c3ccccc3)N[C@@H]2c2ccccc2)cc1. The topological polar surface area (TPSA) is 12.0 Å². The molecule has 0 radical (unpaired) electrons. The molecule has 0 saturated carbocycles. The molecule has 0 bridgehead atoms. The molecule has 142 valence electrons. The van der Waals surface area contributed by atoms with Crippen LogP contribution in [0.4, 0.5) is 0 Å². The molecule has 0 unspecified atom stereocenters. The van der Waals surface area contributed by atoms with Crippen molar-refractivity contribution in [1.29, 1.82) is 0 Å². The van der Waals surface area contributed by atoms with Gasteiger partial charge in [-0.2, -0.15) is 0 Å². The molecule has 4 aromatic rings. The van der Waals surface area contributed by atoms with Gasteiger partial charge in [-0.25, -0.2) is 0 Å². The molecular formula is C28H25N. The normalized spacial score (nSPS) is 23.7. The number of rotatable bonds is 4. The molecule has 1 aliphatic heterocycles. The first-order valence-corrected chi connectivity index (χ1v) is 10.4. The van der Waals surface area contributed by atoms with Crippen LogP contribution in [0.1, 0.15) is 46.2 Å². The highest BCUT2D eigenvalue weighted by atomic mass is 15.0. The molecule has 4 atom stereocenters. The van der Waals surface area contributed by atoms with Crippen LogP contribution in [-0.2, 0) is 0 Å². The number of nitrogens with one attached hydrogen (secondary N) is 1. The lowest BCUT2D eigenvalue weighted by Gasteiger charge is -2.27. The van der Waals surface area contributed by atoms with Gasteiger partial charge in [0, 0.05) is 23.9 Å². The Morgan fingerprint density at radius 1 is 0.345 bits per heavy atom. The Bertz CT molecular complexity index is 942. The van der Waals surface area contributed by atoms with E-state index in [2.05, 4.69) is 127 Å². The maximum atomic E-state index is 4.02. The second-order valence-electron chi connectivity index (χ2n) is 7.82. The van der Waals surface area contributed by atoms with E-state index in [0.717, 1.165) is 0 Å². The molecule has 1 nitrogen and oxygen atoms in total. The van der Waals surface area contributed by atoms with Crippen LogP contribution in [0.5, 0.6) is 0 Å². The number of hydrogen-bond acceptors (Lipinski definition) is 1. The van der Waals surface area contributed by atoms with E-state index in [0.29, 0.717) is 11.8 Å². The van der Waals surface area contributed by atoms with Crippen LogP contribution in [0.2, 0.25) is 0 Å². The fourth-order valence-corrected chi connectivity index (χ4v) is 4.89. The Kier molecular flexibility index (Phi) is 4.98. The van der Waals surface area contributed by atoms with Crippen molar-refractivity contribution in [3.05, 3.63) is 144 Å². The minimum absolute atomic E-state index is 0.258. The molecule has 0 amide bonds. The van der Waals surface area contributed by atoms with Gasteiger partial charge in [0.25, 0.3) is 0 Å². The zero-order valence-corrected chi connectivity index (χ0v) is 16.4. The molecule has 0 spiro atoms. The third-order valence-corrected chi connectivity index (χ3v) is 6.15. The van der Waals surface area contributed by atoms with E-state index in [1.807, 2.05) is 0 Å². The lowest BCUT2D eigenvalue weighted by Crippen LogP contribution is -2.20. The zero-order valence-electron chi connectivity index (χ0n) is 16.4. The molecule has 29 heavy (non-hydrogen) atoms. The summed E-state index contributed by atoms with van der Waals surface area (Å²) in [5.41, 5.74) is 5.48. The monoisotopic (exact) mass is 375 g/mol. The molecule has 1 heteroatoms. The zero-order chi connectivity index (χ0) is 19.5. The smallest absolute Gasteiger partial charge is 0.0401 e. The maximum Gasteiger partial charge on any atom is 0.0401 e. The van der Waals surface area contributed by atoms with E-state index in [1.165, 1.54) is 22.3 Å². The minimum atomic E-state index is 0.258. The first-order chi connectivity index (χ1) is 14.4. The van der Waals surface area contributed by atoms with Gasteiger partial charge >= 0.3 is 0 Å². The average molecular weight is 376 g/mol. The average Bonchev–Trinajstić information content (AvgIpc) is 3.22. The van der Waals surface area contributed by atoms with E-state index in [4.69, 9.17) is 0 Å². The summed E-state index contributed by atoms with van der Waals surface area (Å²) in [6.07, 6.45) is 0. The highest BCUT2D eigenvalue weighted by molar-refractivity contribution is 5.41. The van der Waals surface area contributed by atoms with Gasteiger partial charge in [-0.1, -0.05) is 121 Å². The largest absolute Gasteiger partial charge is 0.302 e. The van der Waals surface area contributed by atoms with Crippen molar-refractivity contribution in [2.24, 2.45) is 0 Å². The van der Waals surface area contributed by atoms with Gasteiger partial charge in [-0.3, -0.25) is 0 Å². The molecule has 1 fully saturated rings. The van der Waals surface area contributed by atoms with Crippen LogP contribution in [0, 0.1) is 0 Å². The van der Waals surface area contributed by atoms with Crippen molar-refractivity contribution < 1.29 is 0 Å². The molecule has 0 aliphatic carbocycles. The van der Waals surface area contributed by atoms with Gasteiger partial charge in [-0.15, -0.1) is 0 Å². The molecule has 1 aliphatic rings. The van der Waals surface area contributed by atoms with E-state index in [1.54, 1.807) is 0 Å². The maximum absolute atomic E-state index is 4.02. The van der Waals surface area contributed by atoms with Crippen LogP contribution in [0.25, 0.3) is 0 Å². The quantitative estimate of drug-likeness (QED) is 0.421. The summed E-state index contributed by atoms with van der Waals surface area (Å²) < 4.78 is 0. The van der Waals surface area contributed by atoms with E-state index < -0.39 is 0 Å². The highest BCUT2D eigenvalue weighted by Gasteiger charge is 2.45. The summed E-state index contributed by atoms with van der Waals surface area (Å²) in [7, 11) is 0. The first-order valence-electron chi connectivity index (χ1n) is 10.4. The standard InChI is InChI=1S/C28H25N/c1-5-13-21(14-6-1)25-26(22-15-7-2-8-16-22)28(24-19-11-4-12-20-24)29-27(25)23-17-9-3-10-18-23/h1-20,25-29H/t25-,26-,27-,28+/m1/s1. The molecular weight excluding hydrogens is 350 g/mol. The Hall–Kier alpha value is -3.16. The Morgan fingerprint density at radius 3 is 0.931 bits per heavy atom. The molecule has 1 saturated heterocycles. The third kappa shape index (κ3) is 3.50. The summed E-state index contributed by atoms with van der Waals surface area (Å²) in [4.78, 5) is 0. The van der Waals surface area contributed by atoms with Crippen LogP contribution in [0.15, 0.2) is 121 Å². The Labute approximate surface area is 173 Å². The highest BCUT2D eigenvalue weighted by Crippen LogP contribution is 2.54. The number of hydrogen-bond donors (Lipinski definition) is 1. The van der Waals surface area contributed by atoms with Crippen LogP contribution in [-0.4, -0.2) is 0 Å². The van der Waals surface area contributed by atoms with Crippen molar-refractivity contribution in [2.75, 3.05) is 0 Å². The minimum Gasteiger partial charge on any atom is -0.302 e. The molecule has 1 N–H and O–H groups in total. The molecule has 5 rings (SSSR count). The van der Waals surface area contributed by atoms with Gasteiger partial charge in [0.15, 0.2) is 0 Å². The number of benzene rings is 4. The van der Waals surface area contributed by atoms with Gasteiger partial charge in [-0.05, 0) is 22.3 Å². The van der Waals surface area contributed by atoms with Crippen molar-refractivity contribution in [2.45, 2.75) is 23.9 Å². The fraction of sp³-hybridized carbons (Fsp3) is 0.143. The summed E-state index contributed by atoms with van der Waals surface area (Å²) in [6, 6.07) is 44.3. The predicted octanol–water partition coefficient (Wildman–Crippen LogP) is 6.64. The summed E-state index contributed by atoms with van der Waals surface area (Å²) in [6.45, 7) is 0. The van der Waals surface area contributed by atoms with E-state index in [9.17, 15) is 0 Å². The predicted molar refractivity (Wildman–Crippen MR) is 120 cm³/mol. The van der Waals surface area contributed by atoms with Gasteiger partial charge in [0.1, 0.15) is 0 Å². The van der Waals surface area contributed by atoms with Crippen molar-refractivity contribution >= 4 is 0 Å². The summed E-state index contributed by atoms with van der Waals surface area (Å²) in [5, 5.41) is 4.02. The van der Waals surface area contributed by atoms with Gasteiger partial charge < -0.3 is 5.32 Å². The van der Waals surface area contributed by atoms with Crippen LogP contribution >= 0.6 is 0 Å². The summed E-state index contributed by atoms with van der Waals surface area (Å²) in [5.74, 6) is 0.706. The summed E-state index contributed by atoms with van der Waals surface area (Å²) >= 11 is 0. The second kappa shape index (κ2) is 8.06. The van der Waals surface area contributed by atoms with Crippen molar-refractivity contribution in [3.63, 3.8) is 0 Å². The Morgan fingerprint density at radius 2 is 0.621 bits per heavy atom. The van der Waals surface area contributed by atoms with Crippen molar-refractivity contribution in [1.82, 2.24) is 5.32 Å². The van der Waals surface area contributed by atoms with Crippen LogP contribution < -0.4 is 5.32 Å². The first kappa shape index (κ1) is 17.9. The fourth-order valence-electron chi connectivity index (χ4n) is 4.89. The van der Waals surface area contributed by atoms with Gasteiger partial charge in [0.05, 0.1) is 0 Å². The molecule has 0 aromatic heterocycles. The molecule has 1 heterocycles. The second-order valence-corrected chi connectivity index (χ2v) is 7.82. The third-order valence-electron chi connectivity index (χ3n) is 6.15. The lowest BCUT2D eigenvalue weighted by molar-refractivity contribution is 0.553. The van der Waals surface area contributed by atoms with E-state index in [-0.39, 0.29) is 12.1 Å². The lowest BCUT2D eigenvalue weighted by atomic mass is 9.75. The van der Waals surface area contributed by atoms with Crippen molar-refractivity contribution in [3.8, 4) is 0 Å². The van der Waals surface area contributed by atoms with Crippen LogP contribution in [0.3, 0.4) is 0 Å². The van der Waals surface area contributed by atoms with E-state index >= 15 is 0 Å². The van der Waals surface area contributed by atoms with Gasteiger partial charge in [0.2, 0.25) is 0 Å². The Balaban J connectivity index is 1.69.